The number of benzene rings is 2. The fraction of sp³-hybridized carbons (Fsp3) is 0.263. The van der Waals surface area contributed by atoms with Gasteiger partial charge < -0.3 is 0 Å². The normalized spacial score (nSPS) is 12.6. The van der Waals surface area contributed by atoms with Gasteiger partial charge in [-0.3, -0.25) is 0 Å². The summed E-state index contributed by atoms with van der Waals surface area (Å²) in [5, 5.41) is 12.6. The largest absolute Gasteiger partial charge is 0.229 e. The number of tetrazole rings is 1. The quantitative estimate of drug-likeness (QED) is 0.466. The first-order valence-corrected chi connectivity index (χ1v) is 12.3. The van der Waals surface area contributed by atoms with Crippen molar-refractivity contribution in [1.29, 1.82) is 0 Å². The smallest absolute Gasteiger partial charge is 0.221 e. The van der Waals surface area contributed by atoms with Gasteiger partial charge in [0.05, 0.1) is 20.8 Å². The summed E-state index contributed by atoms with van der Waals surface area (Å²) in [4.78, 5) is 4.86. The lowest BCUT2D eigenvalue weighted by molar-refractivity contribution is 0.589. The number of hydrogen-bond acceptors (Lipinski definition) is 8. The molecule has 0 amide bonds. The fourth-order valence-corrected chi connectivity index (χ4v) is 5.47. The number of thiazole rings is 1. The van der Waals surface area contributed by atoms with E-state index in [-0.39, 0.29) is 10.3 Å². The van der Waals surface area contributed by atoms with Crippen LogP contribution in [0.4, 0.5) is 0 Å². The van der Waals surface area contributed by atoms with Gasteiger partial charge >= 0.3 is 0 Å². The third kappa shape index (κ3) is 4.19. The lowest BCUT2D eigenvalue weighted by Crippen LogP contribution is -2.11. The summed E-state index contributed by atoms with van der Waals surface area (Å²) in [5.74, 6) is 0. The molecule has 0 radical (unpaired) electrons. The van der Waals surface area contributed by atoms with Gasteiger partial charge in [-0.05, 0) is 63.5 Å². The van der Waals surface area contributed by atoms with Crippen molar-refractivity contribution in [3.8, 4) is 5.69 Å². The zero-order valence-electron chi connectivity index (χ0n) is 16.3. The molecule has 0 unspecified atom stereocenters. The molecule has 4 rings (SSSR count). The molecule has 7 nitrogen and oxygen atoms in total. The summed E-state index contributed by atoms with van der Waals surface area (Å²) in [6.07, 6.45) is 1.20. The summed E-state index contributed by atoms with van der Waals surface area (Å²) in [6, 6.07) is 13.1. The minimum absolute atomic E-state index is 0.0720. The van der Waals surface area contributed by atoms with E-state index in [1.807, 2.05) is 12.1 Å². The highest BCUT2D eigenvalue weighted by atomic mass is 32.2. The molecule has 0 N–H and O–H groups in total. The number of rotatable bonds is 4. The third-order valence-corrected chi connectivity index (χ3v) is 7.49. The number of nitrogens with zero attached hydrogens (tertiary/aromatic N) is 5. The first-order chi connectivity index (χ1) is 13.6. The lowest BCUT2D eigenvalue weighted by atomic mass is 9.87. The lowest BCUT2D eigenvalue weighted by Gasteiger charge is -2.19. The summed E-state index contributed by atoms with van der Waals surface area (Å²) in [5.41, 5.74) is 2.92. The topological polar surface area (TPSA) is 90.6 Å². The molecular weight excluding hydrogens is 426 g/mol. The van der Waals surface area contributed by atoms with Crippen LogP contribution < -0.4 is 0 Å². The predicted octanol–water partition coefficient (Wildman–Crippen LogP) is 4.12. The Morgan fingerprint density at radius 2 is 1.79 bits per heavy atom. The summed E-state index contributed by atoms with van der Waals surface area (Å²) in [6.45, 7) is 6.51. The van der Waals surface area contributed by atoms with Gasteiger partial charge in [-0.2, -0.15) is 4.68 Å². The molecular formula is C19H19N5O2S3. The van der Waals surface area contributed by atoms with Gasteiger partial charge in [-0.25, -0.2) is 13.4 Å². The van der Waals surface area contributed by atoms with Crippen LogP contribution in [0.1, 0.15) is 26.3 Å². The van der Waals surface area contributed by atoms with Crippen LogP contribution in [0.25, 0.3) is 15.9 Å². The fourth-order valence-electron chi connectivity index (χ4n) is 2.74. The van der Waals surface area contributed by atoms with Crippen LogP contribution in [0, 0.1) is 0 Å². The standard InChI is InChI=1S/C19H19N5O2S3/c1-19(2,3)12-5-7-13(8-6-12)24-17(21-22-23-24)28-18-20-15-10-9-14(29(4,25)26)11-16(15)27-18/h5-11H,1-4H3. The molecule has 0 aliphatic carbocycles. The van der Waals surface area contributed by atoms with E-state index in [0.717, 1.165) is 20.2 Å². The zero-order valence-corrected chi connectivity index (χ0v) is 18.8. The van der Waals surface area contributed by atoms with E-state index < -0.39 is 9.84 Å². The van der Waals surface area contributed by atoms with Gasteiger partial charge in [0.15, 0.2) is 14.2 Å². The van der Waals surface area contributed by atoms with Crippen LogP contribution in [0.15, 0.2) is 56.9 Å². The van der Waals surface area contributed by atoms with E-state index >= 15 is 0 Å². The van der Waals surface area contributed by atoms with E-state index in [4.69, 9.17) is 0 Å². The van der Waals surface area contributed by atoms with Gasteiger partial charge in [0.1, 0.15) is 0 Å². The van der Waals surface area contributed by atoms with Gasteiger partial charge in [-0.15, -0.1) is 16.4 Å². The Bertz CT molecular complexity index is 1290. The maximum atomic E-state index is 11.8. The van der Waals surface area contributed by atoms with Gasteiger partial charge in [0.2, 0.25) is 5.16 Å². The van der Waals surface area contributed by atoms with Crippen molar-refractivity contribution in [3.05, 3.63) is 48.0 Å². The summed E-state index contributed by atoms with van der Waals surface area (Å²) < 4.78 is 26.8. The molecule has 0 saturated heterocycles. The van der Waals surface area contributed by atoms with Crippen LogP contribution in [0.3, 0.4) is 0 Å². The Morgan fingerprint density at radius 3 is 2.45 bits per heavy atom. The first-order valence-electron chi connectivity index (χ1n) is 8.79. The van der Waals surface area contributed by atoms with Crippen molar-refractivity contribution in [2.75, 3.05) is 6.26 Å². The molecule has 10 heteroatoms. The van der Waals surface area contributed by atoms with Crippen LogP contribution in [0.2, 0.25) is 0 Å². The highest BCUT2D eigenvalue weighted by Gasteiger charge is 2.17. The zero-order chi connectivity index (χ0) is 20.8. The van der Waals surface area contributed by atoms with Crippen molar-refractivity contribution in [2.45, 2.75) is 40.6 Å². The number of hydrogen-bond donors (Lipinski definition) is 0. The maximum Gasteiger partial charge on any atom is 0.221 e. The van der Waals surface area contributed by atoms with E-state index in [1.54, 1.807) is 22.9 Å². The molecule has 2 aromatic carbocycles. The van der Waals surface area contributed by atoms with Crippen molar-refractivity contribution in [3.63, 3.8) is 0 Å². The monoisotopic (exact) mass is 445 g/mol. The van der Waals surface area contributed by atoms with E-state index in [9.17, 15) is 8.42 Å². The van der Waals surface area contributed by atoms with Crippen LogP contribution in [-0.2, 0) is 15.3 Å². The molecule has 2 heterocycles. The molecule has 0 fully saturated rings. The van der Waals surface area contributed by atoms with E-state index in [0.29, 0.717) is 5.16 Å². The number of fused-ring (bicyclic) bond motifs is 1. The summed E-state index contributed by atoms with van der Waals surface area (Å²) >= 11 is 2.76. The average Bonchev–Trinajstić information content (AvgIpc) is 3.26. The second-order valence-corrected chi connectivity index (χ2v) is 11.9. The number of sulfone groups is 1. The Hall–Kier alpha value is -2.30. The molecule has 150 valence electrons. The minimum atomic E-state index is -3.26. The Morgan fingerprint density at radius 1 is 1.07 bits per heavy atom. The van der Waals surface area contributed by atoms with Crippen LogP contribution in [-0.4, -0.2) is 39.9 Å². The summed E-state index contributed by atoms with van der Waals surface area (Å²) in [7, 11) is -3.26. The average molecular weight is 446 g/mol. The van der Waals surface area contributed by atoms with Gasteiger partial charge in [-0.1, -0.05) is 32.9 Å². The first kappa shape index (κ1) is 20.0. The molecule has 0 aliphatic rings. The SMILES string of the molecule is CC(C)(C)c1ccc(-n2nnnc2Sc2nc3ccc(S(C)(=O)=O)cc3s2)cc1. The molecule has 2 aromatic heterocycles. The molecule has 0 spiro atoms. The Kier molecular flexibility index (Phi) is 4.96. The van der Waals surface area contributed by atoms with Crippen LogP contribution in [0.5, 0.6) is 0 Å². The Labute approximate surface area is 177 Å². The maximum absolute atomic E-state index is 11.8. The predicted molar refractivity (Wildman–Crippen MR) is 115 cm³/mol. The van der Waals surface area contributed by atoms with Gasteiger partial charge in [0, 0.05) is 6.26 Å². The molecule has 0 atom stereocenters. The molecule has 0 bridgehead atoms. The highest BCUT2D eigenvalue weighted by molar-refractivity contribution is 8.01. The second kappa shape index (κ2) is 7.19. The van der Waals surface area contributed by atoms with Crippen LogP contribution >= 0.6 is 23.1 Å². The molecule has 0 saturated carbocycles. The third-order valence-electron chi connectivity index (χ3n) is 4.37. The van der Waals surface area contributed by atoms with E-state index in [1.165, 1.54) is 34.9 Å². The molecule has 29 heavy (non-hydrogen) atoms. The van der Waals surface area contributed by atoms with Crippen molar-refractivity contribution >= 4 is 43.2 Å². The van der Waals surface area contributed by atoms with Crippen molar-refractivity contribution in [2.24, 2.45) is 0 Å². The Balaban J connectivity index is 1.64. The molecule has 0 aliphatic heterocycles. The van der Waals surface area contributed by atoms with Crippen molar-refractivity contribution in [1.82, 2.24) is 25.2 Å². The van der Waals surface area contributed by atoms with E-state index in [2.05, 4.69) is 53.4 Å². The number of aromatic nitrogens is 5. The minimum Gasteiger partial charge on any atom is -0.229 e. The highest BCUT2D eigenvalue weighted by Crippen LogP contribution is 2.35. The van der Waals surface area contributed by atoms with Crippen molar-refractivity contribution < 1.29 is 8.42 Å². The second-order valence-electron chi connectivity index (χ2n) is 7.65. The molecule has 4 aromatic rings. The van der Waals surface area contributed by atoms with Gasteiger partial charge in [0.25, 0.3) is 0 Å².